The molecule has 3 aromatic carbocycles. The predicted octanol–water partition coefficient (Wildman–Crippen LogP) is 3.58. The first-order valence-electron chi connectivity index (χ1n) is 9.19. The van der Waals surface area contributed by atoms with Gasteiger partial charge in [-0.15, -0.1) is 0 Å². The average Bonchev–Trinajstić information content (AvgIpc) is 3.18. The zero-order valence-electron chi connectivity index (χ0n) is 16.0. The molecule has 0 spiro atoms. The fourth-order valence-corrected chi connectivity index (χ4v) is 3.55. The summed E-state index contributed by atoms with van der Waals surface area (Å²) in [6.07, 6.45) is 0.784. The number of nitrogens with zero attached hydrogens (tertiary/aromatic N) is 2. The molecule has 0 bridgehead atoms. The highest BCUT2D eigenvalue weighted by Crippen LogP contribution is 2.39. The van der Waals surface area contributed by atoms with Crippen LogP contribution < -0.4 is 15.4 Å². The Hall–Kier alpha value is -3.80. The molecule has 6 heteroatoms. The maximum atomic E-state index is 12.0. The van der Waals surface area contributed by atoms with Gasteiger partial charge in [0.05, 0.1) is 12.8 Å². The van der Waals surface area contributed by atoms with Crippen LogP contribution in [0.25, 0.3) is 0 Å². The topological polar surface area (TPSA) is 77.1 Å². The number of amidine groups is 1. The summed E-state index contributed by atoms with van der Waals surface area (Å²) in [6, 6.07) is 25.0. The zero-order chi connectivity index (χ0) is 20.3. The van der Waals surface area contributed by atoms with Gasteiger partial charge in [-0.1, -0.05) is 48.5 Å². The molecule has 0 saturated carbocycles. The number of anilines is 2. The quantitative estimate of drug-likeness (QED) is 0.656. The molecule has 1 heterocycles. The van der Waals surface area contributed by atoms with Gasteiger partial charge in [0.2, 0.25) is 6.41 Å². The van der Waals surface area contributed by atoms with Crippen LogP contribution in [0.2, 0.25) is 0 Å². The summed E-state index contributed by atoms with van der Waals surface area (Å²) in [4.78, 5) is 18.1. The summed E-state index contributed by atoms with van der Waals surface area (Å²) >= 11 is 0. The summed E-state index contributed by atoms with van der Waals surface area (Å²) in [5.74, 6) is 0.674. The van der Waals surface area contributed by atoms with Gasteiger partial charge >= 0.3 is 0 Å². The standard InChI is InChI=1S/C23H21N3O3/c1-28-21-12-6-11-20(14-21)26(16-27)19-10-5-9-18(13-19)23(15-29-22(24)25-23)17-7-3-2-4-8-17/h2-14,16H,15H2,1H3,(H2,24,25). The molecular formula is C23H21N3O3. The minimum absolute atomic E-state index is 0.152. The molecule has 0 aromatic heterocycles. The van der Waals surface area contributed by atoms with Gasteiger partial charge in [-0.2, -0.15) is 0 Å². The summed E-state index contributed by atoms with van der Waals surface area (Å²) in [5.41, 5.74) is 8.39. The third kappa shape index (κ3) is 3.40. The lowest BCUT2D eigenvalue weighted by Crippen LogP contribution is -2.27. The van der Waals surface area contributed by atoms with E-state index in [1.54, 1.807) is 12.0 Å². The Morgan fingerprint density at radius 1 is 1.00 bits per heavy atom. The molecule has 6 nitrogen and oxygen atoms in total. The molecule has 4 rings (SSSR count). The van der Waals surface area contributed by atoms with Gasteiger partial charge in [0.15, 0.2) is 5.54 Å². The van der Waals surface area contributed by atoms with Crippen molar-refractivity contribution in [3.05, 3.63) is 90.0 Å². The lowest BCUT2D eigenvalue weighted by atomic mass is 9.84. The minimum Gasteiger partial charge on any atom is -0.497 e. The second-order valence-electron chi connectivity index (χ2n) is 6.69. The molecule has 146 valence electrons. The third-order valence-electron chi connectivity index (χ3n) is 5.02. The monoisotopic (exact) mass is 387 g/mol. The molecule has 29 heavy (non-hydrogen) atoms. The van der Waals surface area contributed by atoms with Gasteiger partial charge in [0, 0.05) is 11.8 Å². The summed E-state index contributed by atoms with van der Waals surface area (Å²) < 4.78 is 10.8. The number of hydrogen-bond acceptors (Lipinski definition) is 5. The van der Waals surface area contributed by atoms with E-state index in [9.17, 15) is 4.79 Å². The Balaban J connectivity index is 1.80. The first kappa shape index (κ1) is 18.6. The van der Waals surface area contributed by atoms with Crippen LogP contribution in [0.3, 0.4) is 0 Å². The van der Waals surface area contributed by atoms with Gasteiger partial charge in [0.1, 0.15) is 12.4 Å². The van der Waals surface area contributed by atoms with E-state index in [4.69, 9.17) is 15.2 Å². The van der Waals surface area contributed by atoms with Gasteiger partial charge in [-0.25, -0.2) is 4.99 Å². The summed E-state index contributed by atoms with van der Waals surface area (Å²) in [6.45, 7) is 0.298. The Kier molecular flexibility index (Phi) is 4.91. The van der Waals surface area contributed by atoms with Crippen molar-refractivity contribution in [3.8, 4) is 5.75 Å². The zero-order valence-corrected chi connectivity index (χ0v) is 16.0. The van der Waals surface area contributed by atoms with E-state index in [2.05, 4.69) is 4.99 Å². The molecule has 0 fully saturated rings. The van der Waals surface area contributed by atoms with Gasteiger partial charge < -0.3 is 15.2 Å². The summed E-state index contributed by atoms with van der Waals surface area (Å²) in [7, 11) is 1.59. The number of carbonyl (C=O) groups excluding carboxylic acids is 1. The van der Waals surface area contributed by atoms with Crippen LogP contribution in [0.5, 0.6) is 5.75 Å². The van der Waals surface area contributed by atoms with E-state index in [1.807, 2.05) is 78.9 Å². The van der Waals surface area contributed by atoms with E-state index >= 15 is 0 Å². The van der Waals surface area contributed by atoms with Crippen LogP contribution in [0, 0.1) is 0 Å². The number of nitrogens with two attached hydrogens (primary N) is 1. The van der Waals surface area contributed by atoms with Crippen LogP contribution >= 0.6 is 0 Å². The number of rotatable bonds is 6. The molecular weight excluding hydrogens is 366 g/mol. The highest BCUT2D eigenvalue weighted by Gasteiger charge is 2.40. The molecule has 0 aliphatic carbocycles. The van der Waals surface area contributed by atoms with E-state index in [1.165, 1.54) is 0 Å². The van der Waals surface area contributed by atoms with E-state index in [0.29, 0.717) is 23.7 Å². The Morgan fingerprint density at radius 2 is 1.69 bits per heavy atom. The highest BCUT2D eigenvalue weighted by atomic mass is 16.5. The van der Waals surface area contributed by atoms with Crippen molar-refractivity contribution in [2.75, 3.05) is 18.6 Å². The fraction of sp³-hybridized carbons (Fsp3) is 0.130. The minimum atomic E-state index is -0.760. The van der Waals surface area contributed by atoms with Gasteiger partial charge in [-0.3, -0.25) is 9.69 Å². The SMILES string of the molecule is COc1cccc(N(C=O)c2cccc(C3(c4ccccc4)COC(N)=N3)c2)c1. The molecule has 1 aliphatic heterocycles. The maximum absolute atomic E-state index is 12.0. The van der Waals surface area contributed by atoms with Gasteiger partial charge in [-0.05, 0) is 35.4 Å². The van der Waals surface area contributed by atoms with Crippen LogP contribution in [-0.4, -0.2) is 26.1 Å². The molecule has 0 radical (unpaired) electrons. The van der Waals surface area contributed by atoms with Crippen molar-refractivity contribution >= 4 is 23.8 Å². The Morgan fingerprint density at radius 3 is 2.34 bits per heavy atom. The largest absolute Gasteiger partial charge is 0.497 e. The van der Waals surface area contributed by atoms with Crippen molar-refractivity contribution in [1.29, 1.82) is 0 Å². The lowest BCUT2D eigenvalue weighted by molar-refractivity contribution is -0.106. The number of methoxy groups -OCH3 is 1. The van der Waals surface area contributed by atoms with Crippen LogP contribution in [-0.2, 0) is 15.1 Å². The second kappa shape index (κ2) is 7.67. The first-order valence-corrected chi connectivity index (χ1v) is 9.19. The molecule has 1 unspecified atom stereocenters. The van der Waals surface area contributed by atoms with Crippen LogP contribution in [0.1, 0.15) is 11.1 Å². The van der Waals surface area contributed by atoms with Crippen molar-refractivity contribution < 1.29 is 14.3 Å². The molecule has 1 amide bonds. The van der Waals surface area contributed by atoms with Gasteiger partial charge in [0.25, 0.3) is 6.02 Å². The van der Waals surface area contributed by atoms with Crippen LogP contribution in [0.15, 0.2) is 83.9 Å². The lowest BCUT2D eigenvalue weighted by Gasteiger charge is -2.27. The number of hydrogen-bond donors (Lipinski definition) is 1. The number of aliphatic imine (C=N–C) groups is 1. The molecule has 3 aromatic rings. The molecule has 0 saturated heterocycles. The normalized spacial score (nSPS) is 17.9. The Bertz CT molecular complexity index is 1050. The maximum Gasteiger partial charge on any atom is 0.283 e. The molecule has 1 aliphatic rings. The molecule has 1 atom stereocenters. The van der Waals surface area contributed by atoms with E-state index < -0.39 is 5.54 Å². The molecule has 2 N–H and O–H groups in total. The number of ether oxygens (including phenoxy) is 2. The smallest absolute Gasteiger partial charge is 0.283 e. The number of benzene rings is 3. The van der Waals surface area contributed by atoms with Crippen molar-refractivity contribution in [3.63, 3.8) is 0 Å². The van der Waals surface area contributed by atoms with E-state index in [0.717, 1.165) is 17.5 Å². The number of amides is 1. The Labute approximate surface area is 169 Å². The van der Waals surface area contributed by atoms with Crippen molar-refractivity contribution in [2.24, 2.45) is 10.7 Å². The fourth-order valence-electron chi connectivity index (χ4n) is 3.55. The van der Waals surface area contributed by atoms with Crippen molar-refractivity contribution in [1.82, 2.24) is 0 Å². The first-order chi connectivity index (χ1) is 14.2. The van der Waals surface area contributed by atoms with E-state index in [-0.39, 0.29) is 6.02 Å². The summed E-state index contributed by atoms with van der Waals surface area (Å²) in [5, 5.41) is 0. The van der Waals surface area contributed by atoms with Crippen LogP contribution in [0.4, 0.5) is 11.4 Å². The van der Waals surface area contributed by atoms with Crippen molar-refractivity contribution in [2.45, 2.75) is 5.54 Å². The predicted molar refractivity (Wildman–Crippen MR) is 112 cm³/mol. The second-order valence-corrected chi connectivity index (χ2v) is 6.69. The highest BCUT2D eigenvalue weighted by molar-refractivity contribution is 5.87. The number of carbonyl (C=O) groups is 1. The average molecular weight is 387 g/mol. The third-order valence-corrected chi connectivity index (χ3v) is 5.02.